The van der Waals surface area contributed by atoms with Crippen LogP contribution in [0.4, 0.5) is 0 Å². The highest BCUT2D eigenvalue weighted by molar-refractivity contribution is 5.52. The Kier molecular flexibility index (Phi) is 3.99. The summed E-state index contributed by atoms with van der Waals surface area (Å²) in [5.74, 6) is 6.35. The average Bonchev–Trinajstić information content (AvgIpc) is 2.40. The predicted octanol–water partition coefficient (Wildman–Crippen LogP) is 4.43. The van der Waals surface area contributed by atoms with Crippen LogP contribution in [0.15, 0.2) is 54.6 Å². The molecule has 0 aromatic heterocycles. The number of hydrogen-bond donors (Lipinski definition) is 0. The summed E-state index contributed by atoms with van der Waals surface area (Å²) in [4.78, 5) is 0. The van der Waals surface area contributed by atoms with Crippen LogP contribution in [0, 0.1) is 18.8 Å². The molecule has 0 heteroatoms. The molecule has 0 N–H and O–H groups in total. The molecule has 0 fully saturated rings. The summed E-state index contributed by atoms with van der Waals surface area (Å²) < 4.78 is 0. The normalized spacial score (nSPS) is 10.1. The fourth-order valence-corrected chi connectivity index (χ4v) is 1.65. The Morgan fingerprint density at radius 2 is 1.28 bits per heavy atom. The molecule has 0 saturated heterocycles. The van der Waals surface area contributed by atoms with E-state index in [0.717, 1.165) is 11.1 Å². The molecule has 0 heterocycles. The first-order valence-corrected chi connectivity index (χ1v) is 6.09. The third-order valence-corrected chi connectivity index (χ3v) is 2.67. The first-order chi connectivity index (χ1) is 8.78. The van der Waals surface area contributed by atoms with Crippen molar-refractivity contribution in [2.24, 2.45) is 0 Å². The maximum absolute atomic E-state index is 3.18. The Morgan fingerprint density at radius 3 is 1.78 bits per heavy atom. The van der Waals surface area contributed by atoms with Crippen LogP contribution >= 0.6 is 0 Å². The van der Waals surface area contributed by atoms with Crippen molar-refractivity contribution in [1.29, 1.82) is 0 Å². The minimum atomic E-state index is 1.05. The van der Waals surface area contributed by atoms with E-state index >= 15 is 0 Å². The number of allylic oxidation sites excluding steroid dienone is 1. The van der Waals surface area contributed by atoms with Gasteiger partial charge in [-0.2, -0.15) is 0 Å². The molecule has 0 saturated carbocycles. The number of rotatable bonds is 1. The first-order valence-electron chi connectivity index (χ1n) is 6.09. The van der Waals surface area contributed by atoms with Crippen molar-refractivity contribution in [3.05, 3.63) is 76.9 Å². The van der Waals surface area contributed by atoms with E-state index in [1.54, 1.807) is 0 Å². The molecule has 0 bridgehead atoms. The molecule has 0 aliphatic rings. The van der Waals surface area contributed by atoms with Crippen LogP contribution in [0.5, 0.6) is 0 Å². The van der Waals surface area contributed by atoms with Crippen LogP contribution in [-0.2, 0) is 0 Å². The van der Waals surface area contributed by atoms with Gasteiger partial charge in [-0.1, -0.05) is 53.8 Å². The molecule has 0 spiro atoms. The molecular weight excluding hydrogens is 216 g/mol. The van der Waals surface area contributed by atoms with Gasteiger partial charge in [-0.3, -0.25) is 0 Å². The second-order valence-corrected chi connectivity index (χ2v) is 4.24. The Bertz CT molecular complexity index is 587. The summed E-state index contributed by atoms with van der Waals surface area (Å²) >= 11 is 0. The monoisotopic (exact) mass is 232 g/mol. The van der Waals surface area contributed by atoms with E-state index in [1.807, 2.05) is 13.0 Å². The van der Waals surface area contributed by atoms with E-state index < -0.39 is 0 Å². The maximum Gasteiger partial charge on any atom is 0.0249 e. The fourth-order valence-electron chi connectivity index (χ4n) is 1.65. The average molecular weight is 232 g/mol. The van der Waals surface area contributed by atoms with E-state index in [9.17, 15) is 0 Å². The largest absolute Gasteiger partial charge is 0.0871 e. The molecule has 2 aromatic carbocycles. The van der Waals surface area contributed by atoms with Crippen LogP contribution < -0.4 is 0 Å². The van der Waals surface area contributed by atoms with Gasteiger partial charge >= 0.3 is 0 Å². The smallest absolute Gasteiger partial charge is 0.0249 e. The summed E-state index contributed by atoms with van der Waals surface area (Å²) in [7, 11) is 0. The molecule has 0 radical (unpaired) electrons. The summed E-state index contributed by atoms with van der Waals surface area (Å²) in [5.41, 5.74) is 4.57. The number of hydrogen-bond acceptors (Lipinski definition) is 0. The molecule has 0 unspecified atom stereocenters. The molecule has 0 aliphatic carbocycles. The molecule has 0 aliphatic heterocycles. The van der Waals surface area contributed by atoms with Crippen molar-refractivity contribution in [3.63, 3.8) is 0 Å². The van der Waals surface area contributed by atoms with Crippen LogP contribution in [0.1, 0.15) is 29.2 Å². The van der Waals surface area contributed by atoms with Crippen molar-refractivity contribution in [2.75, 3.05) is 0 Å². The van der Waals surface area contributed by atoms with E-state index in [1.165, 1.54) is 11.1 Å². The van der Waals surface area contributed by atoms with Crippen molar-refractivity contribution >= 4 is 6.08 Å². The van der Waals surface area contributed by atoms with E-state index in [4.69, 9.17) is 0 Å². The second kappa shape index (κ2) is 5.89. The minimum absolute atomic E-state index is 1.05. The van der Waals surface area contributed by atoms with Crippen LogP contribution in [-0.4, -0.2) is 0 Å². The van der Waals surface area contributed by atoms with Crippen LogP contribution in [0.3, 0.4) is 0 Å². The SMILES string of the molecule is C/C=C/c1ccc(C#Cc2ccc(C)cc2)cc1. The topological polar surface area (TPSA) is 0 Å². The molecule has 2 rings (SSSR count). The molecular formula is C18H16. The third kappa shape index (κ3) is 3.37. The van der Waals surface area contributed by atoms with Gasteiger partial charge in [0.2, 0.25) is 0 Å². The molecule has 0 atom stereocenters. The number of aryl methyl sites for hydroxylation is 1. The third-order valence-electron chi connectivity index (χ3n) is 2.67. The van der Waals surface area contributed by atoms with Gasteiger partial charge in [0, 0.05) is 11.1 Å². The van der Waals surface area contributed by atoms with Gasteiger partial charge in [-0.25, -0.2) is 0 Å². The van der Waals surface area contributed by atoms with E-state index in [0.29, 0.717) is 0 Å². The van der Waals surface area contributed by atoms with Crippen molar-refractivity contribution in [3.8, 4) is 11.8 Å². The molecule has 18 heavy (non-hydrogen) atoms. The lowest BCUT2D eigenvalue weighted by atomic mass is 10.1. The van der Waals surface area contributed by atoms with Crippen molar-refractivity contribution in [1.82, 2.24) is 0 Å². The van der Waals surface area contributed by atoms with Crippen LogP contribution in [0.25, 0.3) is 6.08 Å². The van der Waals surface area contributed by atoms with Crippen molar-refractivity contribution < 1.29 is 0 Å². The zero-order valence-corrected chi connectivity index (χ0v) is 10.8. The zero-order valence-electron chi connectivity index (χ0n) is 10.8. The highest BCUT2D eigenvalue weighted by atomic mass is 13.9. The molecule has 88 valence electrons. The summed E-state index contributed by atoms with van der Waals surface area (Å²) in [6.07, 6.45) is 4.12. The Hall–Kier alpha value is -2.26. The molecule has 0 nitrogen and oxygen atoms in total. The van der Waals surface area contributed by atoms with Gasteiger partial charge in [-0.15, -0.1) is 0 Å². The lowest BCUT2D eigenvalue weighted by Gasteiger charge is -1.94. The highest BCUT2D eigenvalue weighted by Crippen LogP contribution is 2.06. The Morgan fingerprint density at radius 1 is 0.778 bits per heavy atom. The van der Waals surface area contributed by atoms with Crippen LogP contribution in [0.2, 0.25) is 0 Å². The van der Waals surface area contributed by atoms with Gasteiger partial charge < -0.3 is 0 Å². The highest BCUT2D eigenvalue weighted by Gasteiger charge is 1.89. The molecule has 0 amide bonds. The zero-order chi connectivity index (χ0) is 12.8. The summed E-state index contributed by atoms with van der Waals surface area (Å²) in [5, 5.41) is 0. The van der Waals surface area contributed by atoms with Gasteiger partial charge in [0.1, 0.15) is 0 Å². The summed E-state index contributed by atoms with van der Waals surface area (Å²) in [6.45, 7) is 4.10. The fraction of sp³-hybridized carbons (Fsp3) is 0.111. The predicted molar refractivity (Wildman–Crippen MR) is 78.3 cm³/mol. The Balaban J connectivity index is 2.16. The van der Waals surface area contributed by atoms with Gasteiger partial charge in [0.25, 0.3) is 0 Å². The molecule has 2 aromatic rings. The van der Waals surface area contributed by atoms with Crippen molar-refractivity contribution in [2.45, 2.75) is 13.8 Å². The quantitative estimate of drug-likeness (QED) is 0.638. The lowest BCUT2D eigenvalue weighted by Crippen LogP contribution is -1.78. The maximum atomic E-state index is 3.18. The van der Waals surface area contributed by atoms with E-state index in [-0.39, 0.29) is 0 Å². The Labute approximate surface area is 109 Å². The standard InChI is InChI=1S/C18H16/c1-3-4-16-9-11-18(12-10-16)14-13-17-7-5-15(2)6-8-17/h3-12H,1-2H3/b4-3+. The number of benzene rings is 2. The van der Waals surface area contributed by atoms with Gasteiger partial charge in [0.05, 0.1) is 0 Å². The first kappa shape index (κ1) is 12.2. The van der Waals surface area contributed by atoms with Gasteiger partial charge in [-0.05, 0) is 43.7 Å². The second-order valence-electron chi connectivity index (χ2n) is 4.24. The summed E-state index contributed by atoms with van der Waals surface area (Å²) in [6, 6.07) is 16.5. The minimum Gasteiger partial charge on any atom is -0.0871 e. The van der Waals surface area contributed by atoms with Gasteiger partial charge in [0.15, 0.2) is 0 Å². The lowest BCUT2D eigenvalue weighted by molar-refractivity contribution is 1.46. The van der Waals surface area contributed by atoms with E-state index in [2.05, 4.69) is 73.4 Å².